The highest BCUT2D eigenvalue weighted by Gasteiger charge is 2.25. The van der Waals surface area contributed by atoms with Gasteiger partial charge in [0, 0.05) is 19.3 Å². The summed E-state index contributed by atoms with van der Waals surface area (Å²) < 4.78 is 17.0. The Labute approximate surface area is 364 Å². The van der Waals surface area contributed by atoms with Crippen LogP contribution in [0.3, 0.4) is 0 Å². The molecule has 2 unspecified atom stereocenters. The van der Waals surface area contributed by atoms with E-state index in [0.717, 1.165) is 77.0 Å². The van der Waals surface area contributed by atoms with Crippen LogP contribution in [0.5, 0.6) is 0 Å². The summed E-state index contributed by atoms with van der Waals surface area (Å²) in [6.07, 6.45) is 59.3. The normalized spacial score (nSPS) is 14.2. The van der Waals surface area contributed by atoms with E-state index in [9.17, 15) is 19.5 Å². The molecule has 334 valence electrons. The molecule has 0 heterocycles. The van der Waals surface area contributed by atoms with Crippen molar-refractivity contribution in [3.8, 4) is 0 Å². The molecule has 0 N–H and O–H groups in total. The molecule has 0 radical (unpaired) electrons. The Morgan fingerprint density at radius 1 is 0.500 bits per heavy atom. The van der Waals surface area contributed by atoms with Crippen LogP contribution < -0.4 is 5.11 Å². The van der Waals surface area contributed by atoms with E-state index in [0.29, 0.717) is 12.8 Å². The second kappa shape index (κ2) is 41.2. The van der Waals surface area contributed by atoms with Crippen molar-refractivity contribution in [2.45, 2.75) is 135 Å². The zero-order valence-electron chi connectivity index (χ0n) is 37.8. The molecular weight excluding hydrogens is 751 g/mol. The molecule has 8 heteroatoms. The van der Waals surface area contributed by atoms with Crippen LogP contribution in [0.15, 0.2) is 134 Å². The van der Waals surface area contributed by atoms with Crippen LogP contribution >= 0.6 is 0 Å². The fourth-order valence-corrected chi connectivity index (χ4v) is 5.42. The van der Waals surface area contributed by atoms with Crippen LogP contribution in [-0.4, -0.2) is 75.5 Å². The molecule has 0 aliphatic carbocycles. The van der Waals surface area contributed by atoms with E-state index in [4.69, 9.17) is 14.2 Å². The number of hydrogen-bond acceptors (Lipinski definition) is 7. The van der Waals surface area contributed by atoms with Crippen molar-refractivity contribution < 1.29 is 38.2 Å². The van der Waals surface area contributed by atoms with Gasteiger partial charge in [-0.15, -0.1) is 0 Å². The molecule has 0 aliphatic heterocycles. The van der Waals surface area contributed by atoms with Gasteiger partial charge in [0.05, 0.1) is 40.3 Å². The average molecular weight is 830 g/mol. The van der Waals surface area contributed by atoms with Crippen LogP contribution in [0.1, 0.15) is 123 Å². The molecule has 0 bridgehead atoms. The number of nitrogens with zero attached hydrogens (tertiary/aromatic N) is 1. The summed E-state index contributed by atoms with van der Waals surface area (Å²) in [7, 11) is 5.34. The predicted octanol–water partition coefficient (Wildman–Crippen LogP) is 11.1. The maximum Gasteiger partial charge on any atom is 0.306 e. The Morgan fingerprint density at radius 2 is 0.883 bits per heavy atom. The zero-order valence-corrected chi connectivity index (χ0v) is 37.8. The van der Waals surface area contributed by atoms with E-state index < -0.39 is 24.1 Å². The van der Waals surface area contributed by atoms with Crippen molar-refractivity contribution in [3.63, 3.8) is 0 Å². The SMILES string of the molecule is CC/C=C/C/C=C/C/C=C/C/C=C/C/C=C/C/C=C/CCC(=O)OC(COCCC(C(=O)[O-])[N+](C)(C)C)COC(=O)CCC/C=C/C/C=C/C/C=C/C/C=C/C/C=C/CC. The average Bonchev–Trinajstić information content (AvgIpc) is 3.21. The number of aliphatic carboxylic acids is 1. The standard InChI is InChI=1S/C52H79NO7/c1-6-8-10-12-14-16-18-20-22-24-25-27-29-31-33-35-37-39-41-43-51(55)60-48(46-58-45-44-49(52(56)57)53(3,4)5)47-59-50(54)42-40-38-36-34-32-30-28-26-23-21-19-17-15-13-11-9-7-2/h8-11,14-17,20-23,25,27-28,30-31,33-34,36-37,39,48-49H,6-7,12-13,18-19,24,26,29,32,35,38,40-47H2,1-5H3/b10-8+,11-9+,16-14+,17-15+,22-20+,23-21+,27-25+,30-28+,33-31+,36-34+,39-37+. The van der Waals surface area contributed by atoms with E-state index in [-0.39, 0.29) is 49.5 Å². The number of esters is 2. The van der Waals surface area contributed by atoms with E-state index in [1.165, 1.54) is 0 Å². The summed E-state index contributed by atoms with van der Waals surface area (Å²) in [5.74, 6) is -1.94. The molecule has 0 fully saturated rings. The Bertz CT molecular complexity index is 1430. The highest BCUT2D eigenvalue weighted by atomic mass is 16.6. The minimum Gasteiger partial charge on any atom is -0.544 e. The lowest BCUT2D eigenvalue weighted by atomic mass is 10.1. The topological polar surface area (TPSA) is 102 Å². The number of carboxylic acids is 1. The lowest BCUT2D eigenvalue weighted by Gasteiger charge is -2.34. The lowest BCUT2D eigenvalue weighted by molar-refractivity contribution is -0.889. The summed E-state index contributed by atoms with van der Waals surface area (Å²) >= 11 is 0. The van der Waals surface area contributed by atoms with Crippen molar-refractivity contribution in [1.82, 2.24) is 0 Å². The number of quaternary nitrogens is 1. The third-order valence-electron chi connectivity index (χ3n) is 8.80. The summed E-state index contributed by atoms with van der Waals surface area (Å²) in [6, 6.07) is -0.756. The van der Waals surface area contributed by atoms with Crippen molar-refractivity contribution in [1.29, 1.82) is 0 Å². The van der Waals surface area contributed by atoms with Crippen molar-refractivity contribution >= 4 is 17.9 Å². The second-order valence-corrected chi connectivity index (χ2v) is 15.2. The number of hydrogen-bond donors (Lipinski definition) is 0. The highest BCUT2D eigenvalue weighted by molar-refractivity contribution is 5.70. The molecule has 60 heavy (non-hydrogen) atoms. The molecule has 0 spiro atoms. The maximum atomic E-state index is 12.7. The fraction of sp³-hybridized carbons (Fsp3) is 0.519. The molecule has 0 aromatic rings. The predicted molar refractivity (Wildman–Crippen MR) is 249 cm³/mol. The first-order valence-corrected chi connectivity index (χ1v) is 22.2. The van der Waals surface area contributed by atoms with Gasteiger partial charge in [-0.1, -0.05) is 148 Å². The number of ether oxygens (including phenoxy) is 3. The monoisotopic (exact) mass is 830 g/mol. The Balaban J connectivity index is 4.60. The first-order chi connectivity index (χ1) is 29.1. The largest absolute Gasteiger partial charge is 0.544 e. The number of allylic oxidation sites excluding steroid dienone is 22. The van der Waals surface area contributed by atoms with Crippen LogP contribution in [0, 0.1) is 0 Å². The molecule has 0 amide bonds. The van der Waals surface area contributed by atoms with Crippen molar-refractivity contribution in [3.05, 3.63) is 134 Å². The molecule has 2 atom stereocenters. The van der Waals surface area contributed by atoms with E-state index in [1.807, 2.05) is 12.2 Å². The quantitative estimate of drug-likeness (QED) is 0.0266. The van der Waals surface area contributed by atoms with E-state index in [2.05, 4.69) is 135 Å². The van der Waals surface area contributed by atoms with Gasteiger partial charge in [-0.2, -0.15) is 0 Å². The molecule has 0 aliphatic rings. The number of rotatable bonds is 37. The minimum absolute atomic E-state index is 0.0180. The highest BCUT2D eigenvalue weighted by Crippen LogP contribution is 2.09. The van der Waals surface area contributed by atoms with Gasteiger partial charge < -0.3 is 28.6 Å². The number of carbonyl (C=O) groups is 3. The number of likely N-dealkylation sites (N-methyl/N-ethyl adjacent to an activating group) is 1. The van der Waals surface area contributed by atoms with Crippen molar-refractivity contribution in [2.24, 2.45) is 0 Å². The molecule has 8 nitrogen and oxygen atoms in total. The van der Waals surface area contributed by atoms with Gasteiger partial charge in [-0.25, -0.2) is 0 Å². The molecule has 0 saturated carbocycles. The van der Waals surface area contributed by atoms with Crippen LogP contribution in [0.25, 0.3) is 0 Å². The van der Waals surface area contributed by atoms with Crippen molar-refractivity contribution in [2.75, 3.05) is 41.0 Å². The lowest BCUT2D eigenvalue weighted by Crippen LogP contribution is -2.55. The third-order valence-corrected chi connectivity index (χ3v) is 8.80. The van der Waals surface area contributed by atoms with Gasteiger partial charge in [0.25, 0.3) is 0 Å². The smallest absolute Gasteiger partial charge is 0.306 e. The van der Waals surface area contributed by atoms with E-state index in [1.54, 1.807) is 21.1 Å². The minimum atomic E-state index is -1.15. The first kappa shape index (κ1) is 55.5. The Kier molecular flexibility index (Phi) is 38.1. The molecule has 0 aromatic carbocycles. The van der Waals surface area contributed by atoms with Gasteiger partial charge >= 0.3 is 11.9 Å². The molecule has 0 saturated heterocycles. The number of carbonyl (C=O) groups excluding carboxylic acids is 3. The van der Waals surface area contributed by atoms with Gasteiger partial charge in [0.1, 0.15) is 12.6 Å². The Hall–Kier alpha value is -4.53. The summed E-state index contributed by atoms with van der Waals surface area (Å²) in [5.41, 5.74) is 0. The Morgan fingerprint density at radius 3 is 1.27 bits per heavy atom. The number of unbranched alkanes of at least 4 members (excludes halogenated alkanes) is 1. The maximum absolute atomic E-state index is 12.7. The van der Waals surface area contributed by atoms with Crippen LogP contribution in [0.2, 0.25) is 0 Å². The van der Waals surface area contributed by atoms with Crippen LogP contribution in [0.4, 0.5) is 0 Å². The summed E-state index contributed by atoms with van der Waals surface area (Å²) in [6.45, 7) is 4.25. The third kappa shape index (κ3) is 39.0. The van der Waals surface area contributed by atoms with Gasteiger partial charge in [-0.05, 0) is 89.9 Å². The molecule has 0 aromatic heterocycles. The molecule has 0 rings (SSSR count). The summed E-state index contributed by atoms with van der Waals surface area (Å²) in [5, 5.41) is 11.6. The fourth-order valence-electron chi connectivity index (χ4n) is 5.42. The second-order valence-electron chi connectivity index (χ2n) is 15.2. The summed E-state index contributed by atoms with van der Waals surface area (Å²) in [4.78, 5) is 36.8. The molecular formula is C52H79NO7. The van der Waals surface area contributed by atoms with Gasteiger partial charge in [0.2, 0.25) is 0 Å². The van der Waals surface area contributed by atoms with E-state index >= 15 is 0 Å². The number of carboxylic acid groups (broad SMARTS) is 1. The first-order valence-electron chi connectivity index (χ1n) is 22.2. The van der Waals surface area contributed by atoms with Gasteiger partial charge in [0.15, 0.2) is 6.10 Å². The van der Waals surface area contributed by atoms with Gasteiger partial charge in [-0.3, -0.25) is 9.59 Å². The zero-order chi connectivity index (χ0) is 44.2. The van der Waals surface area contributed by atoms with Crippen LogP contribution in [-0.2, 0) is 28.6 Å².